The zero-order valence-corrected chi connectivity index (χ0v) is 17.8. The maximum absolute atomic E-state index is 13.4. The van der Waals surface area contributed by atoms with Crippen LogP contribution in [0.25, 0.3) is 0 Å². The SMILES string of the molecule is COc1cccc(/C=N\NC(=O)CN(c2ccc(F)cc2)S(=O)(=O)c2ccccc2)c1O. The molecule has 3 rings (SSSR count). The number of hydrogen-bond donors (Lipinski definition) is 2. The van der Waals surface area contributed by atoms with Crippen molar-refractivity contribution >= 4 is 27.8 Å². The van der Waals surface area contributed by atoms with Crippen LogP contribution in [0.3, 0.4) is 0 Å². The molecule has 1 amide bonds. The standard InChI is InChI=1S/C22H20FN3O5S/c1-31-20-9-5-6-16(22(20)28)14-24-25-21(27)15-26(18-12-10-17(23)11-13-18)32(29,30)19-7-3-2-4-8-19/h2-14,28H,15H2,1H3,(H,25,27)/b24-14-. The molecule has 0 fully saturated rings. The molecule has 32 heavy (non-hydrogen) atoms. The monoisotopic (exact) mass is 457 g/mol. The van der Waals surface area contributed by atoms with E-state index < -0.39 is 28.3 Å². The van der Waals surface area contributed by atoms with Crippen molar-refractivity contribution in [2.75, 3.05) is 18.0 Å². The third kappa shape index (κ3) is 5.22. The summed E-state index contributed by atoms with van der Waals surface area (Å²) in [6.07, 6.45) is 1.20. The molecule has 0 heterocycles. The van der Waals surface area contributed by atoms with Crippen molar-refractivity contribution in [3.05, 3.63) is 84.2 Å². The van der Waals surface area contributed by atoms with Crippen LogP contribution in [0, 0.1) is 5.82 Å². The van der Waals surface area contributed by atoms with Gasteiger partial charge in [0.15, 0.2) is 11.5 Å². The third-order valence-electron chi connectivity index (χ3n) is 4.38. The number of nitrogens with one attached hydrogen (secondary N) is 1. The number of rotatable bonds is 8. The van der Waals surface area contributed by atoms with E-state index >= 15 is 0 Å². The number of para-hydroxylation sites is 1. The van der Waals surface area contributed by atoms with Crippen LogP contribution >= 0.6 is 0 Å². The molecular weight excluding hydrogens is 437 g/mol. The van der Waals surface area contributed by atoms with E-state index in [-0.39, 0.29) is 27.6 Å². The summed E-state index contributed by atoms with van der Waals surface area (Å²) < 4.78 is 45.5. The first kappa shape index (κ1) is 22.8. The fourth-order valence-electron chi connectivity index (χ4n) is 2.79. The number of anilines is 1. The first-order valence-corrected chi connectivity index (χ1v) is 10.8. The number of halogens is 1. The Morgan fingerprint density at radius 1 is 1.09 bits per heavy atom. The molecule has 10 heteroatoms. The van der Waals surface area contributed by atoms with Gasteiger partial charge in [-0.1, -0.05) is 24.3 Å². The van der Waals surface area contributed by atoms with Gasteiger partial charge in [-0.25, -0.2) is 18.2 Å². The molecule has 0 bridgehead atoms. The van der Waals surface area contributed by atoms with E-state index in [1.165, 1.54) is 37.6 Å². The molecule has 166 valence electrons. The largest absolute Gasteiger partial charge is 0.504 e. The molecule has 3 aromatic rings. The van der Waals surface area contributed by atoms with Crippen molar-refractivity contribution < 1.29 is 27.4 Å². The van der Waals surface area contributed by atoms with Gasteiger partial charge in [0.25, 0.3) is 15.9 Å². The van der Waals surface area contributed by atoms with Crippen LogP contribution in [0.2, 0.25) is 0 Å². The number of sulfonamides is 1. The minimum Gasteiger partial charge on any atom is -0.504 e. The molecule has 0 saturated heterocycles. The lowest BCUT2D eigenvalue weighted by Crippen LogP contribution is -2.39. The van der Waals surface area contributed by atoms with Gasteiger partial charge in [-0.2, -0.15) is 5.10 Å². The summed E-state index contributed by atoms with van der Waals surface area (Å²) in [6, 6.07) is 17.0. The van der Waals surface area contributed by atoms with Crippen molar-refractivity contribution in [2.24, 2.45) is 5.10 Å². The topological polar surface area (TPSA) is 108 Å². The van der Waals surface area contributed by atoms with Crippen LogP contribution in [-0.2, 0) is 14.8 Å². The quantitative estimate of drug-likeness (QED) is 0.399. The van der Waals surface area contributed by atoms with Crippen molar-refractivity contribution in [1.29, 1.82) is 0 Å². The highest BCUT2D eigenvalue weighted by molar-refractivity contribution is 7.92. The molecule has 0 aliphatic heterocycles. The summed E-state index contributed by atoms with van der Waals surface area (Å²) in [5.41, 5.74) is 2.63. The fraction of sp³-hybridized carbons (Fsp3) is 0.0909. The van der Waals surface area contributed by atoms with Crippen molar-refractivity contribution in [3.63, 3.8) is 0 Å². The number of carbonyl (C=O) groups excluding carboxylic acids is 1. The maximum atomic E-state index is 13.4. The summed E-state index contributed by atoms with van der Waals surface area (Å²) in [5.74, 6) is -1.21. The van der Waals surface area contributed by atoms with Gasteiger partial charge in [0.05, 0.1) is 23.9 Å². The highest BCUT2D eigenvalue weighted by atomic mass is 32.2. The second kappa shape index (κ2) is 9.92. The average molecular weight is 457 g/mol. The Hall–Kier alpha value is -3.92. The van der Waals surface area contributed by atoms with Gasteiger partial charge >= 0.3 is 0 Å². The Morgan fingerprint density at radius 3 is 2.44 bits per heavy atom. The van der Waals surface area contributed by atoms with Crippen LogP contribution in [-0.4, -0.2) is 39.3 Å². The molecule has 0 spiro atoms. The number of aromatic hydroxyl groups is 1. The second-order valence-corrected chi connectivity index (χ2v) is 8.35. The lowest BCUT2D eigenvalue weighted by Gasteiger charge is -2.23. The van der Waals surface area contributed by atoms with Crippen molar-refractivity contribution in [2.45, 2.75) is 4.90 Å². The van der Waals surface area contributed by atoms with E-state index in [4.69, 9.17) is 4.74 Å². The summed E-state index contributed by atoms with van der Waals surface area (Å²) in [6.45, 7) is -0.607. The highest BCUT2D eigenvalue weighted by Crippen LogP contribution is 2.28. The minimum absolute atomic E-state index is 0.0260. The normalized spacial score (nSPS) is 11.3. The van der Waals surface area contributed by atoms with E-state index in [0.717, 1.165) is 16.4 Å². The number of hydrogen-bond acceptors (Lipinski definition) is 6. The summed E-state index contributed by atoms with van der Waals surface area (Å²) >= 11 is 0. The molecule has 2 N–H and O–H groups in total. The maximum Gasteiger partial charge on any atom is 0.264 e. The van der Waals surface area contributed by atoms with Gasteiger partial charge in [0, 0.05) is 5.56 Å². The van der Waals surface area contributed by atoms with Gasteiger partial charge in [0.1, 0.15) is 12.4 Å². The van der Waals surface area contributed by atoms with Gasteiger partial charge in [-0.05, 0) is 48.5 Å². The first-order chi connectivity index (χ1) is 15.3. The van der Waals surface area contributed by atoms with Crippen molar-refractivity contribution in [1.82, 2.24) is 5.43 Å². The zero-order chi connectivity index (χ0) is 23.1. The molecule has 0 atom stereocenters. The molecule has 0 aliphatic carbocycles. The average Bonchev–Trinajstić information content (AvgIpc) is 2.80. The number of ether oxygens (including phenoxy) is 1. The van der Waals surface area contributed by atoms with Gasteiger partial charge in [-0.15, -0.1) is 0 Å². The summed E-state index contributed by atoms with van der Waals surface area (Å²) in [7, 11) is -2.72. The van der Waals surface area contributed by atoms with E-state index in [0.29, 0.717) is 0 Å². The number of hydrazone groups is 1. The van der Waals surface area contributed by atoms with Gasteiger partial charge in [0.2, 0.25) is 0 Å². The number of phenols is 1. The van der Waals surface area contributed by atoms with Crippen LogP contribution in [0.5, 0.6) is 11.5 Å². The first-order valence-electron chi connectivity index (χ1n) is 9.34. The molecule has 3 aromatic carbocycles. The number of carbonyl (C=O) groups is 1. The smallest absolute Gasteiger partial charge is 0.264 e. The minimum atomic E-state index is -4.11. The Morgan fingerprint density at radius 2 is 1.78 bits per heavy atom. The lowest BCUT2D eigenvalue weighted by atomic mass is 10.2. The van der Waals surface area contributed by atoms with E-state index in [9.17, 15) is 22.7 Å². The lowest BCUT2D eigenvalue weighted by molar-refractivity contribution is -0.119. The van der Waals surface area contributed by atoms with Crippen LogP contribution in [0.4, 0.5) is 10.1 Å². The zero-order valence-electron chi connectivity index (χ0n) is 17.0. The Kier molecular flexibility index (Phi) is 7.06. The second-order valence-electron chi connectivity index (χ2n) is 6.49. The Balaban J connectivity index is 1.82. The molecule has 0 radical (unpaired) electrons. The predicted molar refractivity (Wildman–Crippen MR) is 118 cm³/mol. The fourth-order valence-corrected chi connectivity index (χ4v) is 4.23. The number of phenolic OH excluding ortho intramolecular Hbond substituents is 1. The predicted octanol–water partition coefficient (Wildman–Crippen LogP) is 2.89. The summed E-state index contributed by atoms with van der Waals surface area (Å²) in [4.78, 5) is 12.5. The molecule has 0 aromatic heterocycles. The molecule has 0 aliphatic rings. The molecule has 0 unspecified atom stereocenters. The molecular formula is C22H20FN3O5S. The third-order valence-corrected chi connectivity index (χ3v) is 6.16. The number of amides is 1. The van der Waals surface area contributed by atoms with Gasteiger partial charge in [-0.3, -0.25) is 9.10 Å². The van der Waals surface area contributed by atoms with Crippen LogP contribution in [0.1, 0.15) is 5.56 Å². The van der Waals surface area contributed by atoms with Crippen molar-refractivity contribution in [3.8, 4) is 11.5 Å². The molecule has 0 saturated carbocycles. The number of nitrogens with zero attached hydrogens (tertiary/aromatic N) is 2. The van der Waals surface area contributed by atoms with Gasteiger partial charge < -0.3 is 9.84 Å². The summed E-state index contributed by atoms with van der Waals surface area (Å²) in [5, 5.41) is 13.8. The molecule has 8 nitrogen and oxygen atoms in total. The number of methoxy groups -OCH3 is 1. The number of benzene rings is 3. The Bertz CT molecular complexity index is 1220. The van der Waals surface area contributed by atoms with E-state index in [1.54, 1.807) is 36.4 Å². The highest BCUT2D eigenvalue weighted by Gasteiger charge is 2.27. The van der Waals surface area contributed by atoms with Crippen LogP contribution in [0.15, 0.2) is 82.8 Å². The Labute approximate surface area is 184 Å². The van der Waals surface area contributed by atoms with Crippen LogP contribution < -0.4 is 14.5 Å². The van der Waals surface area contributed by atoms with E-state index in [1.807, 2.05) is 0 Å². The van der Waals surface area contributed by atoms with E-state index in [2.05, 4.69) is 10.5 Å².